The predicted molar refractivity (Wildman–Crippen MR) is 80.3 cm³/mol. The van der Waals surface area contributed by atoms with Gasteiger partial charge >= 0.3 is 0 Å². The fourth-order valence-electron chi connectivity index (χ4n) is 2.23. The molecule has 1 fully saturated rings. The van der Waals surface area contributed by atoms with Gasteiger partial charge in [-0.25, -0.2) is 0 Å². The molecule has 1 unspecified atom stereocenters. The van der Waals surface area contributed by atoms with E-state index in [0.29, 0.717) is 28.9 Å². The molecule has 110 valence electrons. The maximum Gasteiger partial charge on any atom is 0.263 e. The summed E-state index contributed by atoms with van der Waals surface area (Å²) in [5.74, 6) is 0.463. The van der Waals surface area contributed by atoms with Crippen LogP contribution >= 0.6 is 23.2 Å². The Morgan fingerprint density at radius 3 is 2.40 bits per heavy atom. The lowest BCUT2D eigenvalue weighted by Crippen LogP contribution is -2.47. The molecule has 1 aromatic carbocycles. The van der Waals surface area contributed by atoms with E-state index < -0.39 is 6.10 Å². The topological polar surface area (TPSA) is 55.6 Å². The molecule has 2 rings (SSSR count). The van der Waals surface area contributed by atoms with E-state index in [4.69, 9.17) is 33.7 Å². The van der Waals surface area contributed by atoms with E-state index in [9.17, 15) is 4.79 Å². The van der Waals surface area contributed by atoms with Gasteiger partial charge in [0.1, 0.15) is 5.75 Å². The van der Waals surface area contributed by atoms with Crippen molar-refractivity contribution in [3.05, 3.63) is 28.2 Å². The quantitative estimate of drug-likeness (QED) is 0.932. The Bertz CT molecular complexity index is 468. The first-order chi connectivity index (χ1) is 9.45. The van der Waals surface area contributed by atoms with Crippen LogP contribution in [0.1, 0.15) is 19.8 Å². The van der Waals surface area contributed by atoms with Gasteiger partial charge in [0.05, 0.1) is 0 Å². The van der Waals surface area contributed by atoms with Gasteiger partial charge in [0.2, 0.25) is 0 Å². The van der Waals surface area contributed by atoms with Gasteiger partial charge in [-0.15, -0.1) is 0 Å². The maximum atomic E-state index is 12.3. The minimum Gasteiger partial charge on any atom is -0.481 e. The first-order valence-electron chi connectivity index (χ1n) is 6.63. The number of carbonyl (C=O) groups is 1. The zero-order chi connectivity index (χ0) is 14.7. The first-order valence-corrected chi connectivity index (χ1v) is 7.38. The van der Waals surface area contributed by atoms with Crippen molar-refractivity contribution in [3.8, 4) is 5.75 Å². The Labute approximate surface area is 128 Å². The third-order valence-corrected chi connectivity index (χ3v) is 3.78. The number of nitrogens with two attached hydrogens (primary N) is 1. The summed E-state index contributed by atoms with van der Waals surface area (Å²) in [6.07, 6.45) is 1.10. The molecule has 1 aliphatic rings. The molecule has 1 heterocycles. The van der Waals surface area contributed by atoms with Gasteiger partial charge in [0.15, 0.2) is 6.10 Å². The molecule has 1 amide bonds. The van der Waals surface area contributed by atoms with Gasteiger partial charge in [0, 0.05) is 29.2 Å². The highest BCUT2D eigenvalue weighted by atomic mass is 35.5. The number of rotatable bonds is 3. The first kappa shape index (κ1) is 15.4. The van der Waals surface area contributed by atoms with E-state index in [-0.39, 0.29) is 11.9 Å². The summed E-state index contributed by atoms with van der Waals surface area (Å²) in [5, 5.41) is 0.965. The largest absolute Gasteiger partial charge is 0.481 e. The van der Waals surface area contributed by atoms with Gasteiger partial charge in [-0.05, 0) is 38.0 Å². The van der Waals surface area contributed by atoms with Gasteiger partial charge < -0.3 is 15.4 Å². The van der Waals surface area contributed by atoms with Crippen molar-refractivity contribution >= 4 is 29.1 Å². The second-order valence-electron chi connectivity index (χ2n) is 5.03. The zero-order valence-corrected chi connectivity index (χ0v) is 12.8. The highest BCUT2D eigenvalue weighted by Crippen LogP contribution is 2.25. The van der Waals surface area contributed by atoms with Crippen LogP contribution in [0, 0.1) is 0 Å². The number of hydrogen-bond acceptors (Lipinski definition) is 3. The van der Waals surface area contributed by atoms with Crippen molar-refractivity contribution < 1.29 is 9.53 Å². The predicted octanol–water partition coefficient (Wildman–Crippen LogP) is 2.71. The third-order valence-electron chi connectivity index (χ3n) is 3.35. The normalized spacial score (nSPS) is 17.9. The number of likely N-dealkylation sites (tertiary alicyclic amines) is 1. The average molecular weight is 317 g/mol. The molecule has 0 spiro atoms. The molecule has 0 radical (unpaired) electrons. The molecule has 2 N–H and O–H groups in total. The molecule has 0 aromatic heterocycles. The minimum atomic E-state index is -0.571. The number of carbonyl (C=O) groups excluding carboxylic acids is 1. The number of piperidine rings is 1. The average Bonchev–Trinajstić information content (AvgIpc) is 2.37. The smallest absolute Gasteiger partial charge is 0.263 e. The van der Waals surface area contributed by atoms with Gasteiger partial charge in [0.25, 0.3) is 5.91 Å². The van der Waals surface area contributed by atoms with Gasteiger partial charge in [-0.1, -0.05) is 23.2 Å². The molecule has 1 aromatic rings. The SMILES string of the molecule is CC(Oc1cc(Cl)cc(Cl)c1)C(=O)N1CCC(N)CC1. The molecule has 20 heavy (non-hydrogen) atoms. The second kappa shape index (κ2) is 6.66. The number of amides is 1. The Morgan fingerprint density at radius 1 is 1.30 bits per heavy atom. The van der Waals surface area contributed by atoms with Crippen LogP contribution in [0.3, 0.4) is 0 Å². The van der Waals surface area contributed by atoms with Crippen LogP contribution < -0.4 is 10.5 Å². The lowest BCUT2D eigenvalue weighted by Gasteiger charge is -2.32. The summed E-state index contributed by atoms with van der Waals surface area (Å²) < 4.78 is 5.63. The van der Waals surface area contributed by atoms with Gasteiger partial charge in [-0.3, -0.25) is 4.79 Å². The maximum absolute atomic E-state index is 12.3. The van der Waals surface area contributed by atoms with E-state index in [0.717, 1.165) is 12.8 Å². The molecule has 0 aliphatic carbocycles. The van der Waals surface area contributed by atoms with Crippen molar-refractivity contribution in [2.45, 2.75) is 31.9 Å². The second-order valence-corrected chi connectivity index (χ2v) is 5.90. The van der Waals surface area contributed by atoms with Crippen LogP contribution in [-0.2, 0) is 4.79 Å². The summed E-state index contributed by atoms with van der Waals surface area (Å²) in [5.41, 5.74) is 5.83. The van der Waals surface area contributed by atoms with Crippen LogP contribution in [0.25, 0.3) is 0 Å². The van der Waals surface area contributed by atoms with E-state index in [1.807, 2.05) is 0 Å². The van der Waals surface area contributed by atoms with E-state index in [1.54, 1.807) is 30.0 Å². The Balaban J connectivity index is 1.97. The Hall–Kier alpha value is -0.970. The van der Waals surface area contributed by atoms with Crippen molar-refractivity contribution in [2.24, 2.45) is 5.73 Å². The fraction of sp³-hybridized carbons (Fsp3) is 0.500. The molecule has 1 saturated heterocycles. The van der Waals surface area contributed by atoms with Crippen molar-refractivity contribution in [2.75, 3.05) is 13.1 Å². The highest BCUT2D eigenvalue weighted by molar-refractivity contribution is 6.34. The summed E-state index contributed by atoms with van der Waals surface area (Å²) in [7, 11) is 0. The lowest BCUT2D eigenvalue weighted by atomic mass is 10.1. The van der Waals surface area contributed by atoms with E-state index >= 15 is 0 Å². The number of nitrogens with zero attached hydrogens (tertiary/aromatic N) is 1. The van der Waals surface area contributed by atoms with Crippen LogP contribution in [0.5, 0.6) is 5.75 Å². The number of benzene rings is 1. The summed E-state index contributed by atoms with van der Waals surface area (Å²) in [6.45, 7) is 3.10. The lowest BCUT2D eigenvalue weighted by molar-refractivity contribution is -0.139. The van der Waals surface area contributed by atoms with Crippen LogP contribution in [0.15, 0.2) is 18.2 Å². The van der Waals surface area contributed by atoms with Crippen LogP contribution in [0.2, 0.25) is 10.0 Å². The van der Waals surface area contributed by atoms with Crippen molar-refractivity contribution in [1.29, 1.82) is 0 Å². The fourth-order valence-corrected chi connectivity index (χ4v) is 2.73. The number of hydrogen-bond donors (Lipinski definition) is 1. The van der Waals surface area contributed by atoms with Crippen molar-refractivity contribution in [3.63, 3.8) is 0 Å². The van der Waals surface area contributed by atoms with E-state index in [1.165, 1.54) is 0 Å². The number of ether oxygens (including phenoxy) is 1. The summed E-state index contributed by atoms with van der Waals surface area (Å²) in [6, 6.07) is 5.10. The third kappa shape index (κ3) is 4.01. The molecular weight excluding hydrogens is 299 g/mol. The highest BCUT2D eigenvalue weighted by Gasteiger charge is 2.25. The summed E-state index contributed by atoms with van der Waals surface area (Å²) in [4.78, 5) is 14.1. The molecular formula is C14H18Cl2N2O2. The molecule has 1 atom stereocenters. The summed E-state index contributed by atoms with van der Waals surface area (Å²) >= 11 is 11.8. The molecule has 0 bridgehead atoms. The minimum absolute atomic E-state index is 0.0343. The molecule has 4 nitrogen and oxygen atoms in total. The zero-order valence-electron chi connectivity index (χ0n) is 11.3. The monoisotopic (exact) mass is 316 g/mol. The standard InChI is InChI=1S/C14H18Cl2N2O2/c1-9(14(19)18-4-2-12(17)3-5-18)20-13-7-10(15)6-11(16)8-13/h6-9,12H,2-5,17H2,1H3. The van der Waals surface area contributed by atoms with Crippen molar-refractivity contribution in [1.82, 2.24) is 4.90 Å². The molecule has 1 aliphatic heterocycles. The Morgan fingerprint density at radius 2 is 1.85 bits per heavy atom. The molecule has 0 saturated carbocycles. The van der Waals surface area contributed by atoms with Gasteiger partial charge in [-0.2, -0.15) is 0 Å². The van der Waals surface area contributed by atoms with E-state index in [2.05, 4.69) is 0 Å². The number of halogens is 2. The molecule has 6 heteroatoms. The van der Waals surface area contributed by atoms with Crippen LogP contribution in [0.4, 0.5) is 0 Å². The Kier molecular flexibility index (Phi) is 5.13. The van der Waals surface area contributed by atoms with Crippen LogP contribution in [-0.4, -0.2) is 36.0 Å².